The van der Waals surface area contributed by atoms with Gasteiger partial charge in [-0.15, -0.1) is 0 Å². The molecule has 3 rings (SSSR count). The maximum Gasteiger partial charge on any atom is 0.164 e. The molecule has 0 aliphatic carbocycles. The lowest BCUT2D eigenvalue weighted by Gasteiger charge is -2.31. The molecule has 27 heavy (non-hydrogen) atoms. The second kappa shape index (κ2) is 8.66. The standard InChI is InChI=1S/C23H31NO3/c1-6-26-16-8-9-18(20(14-16)15(3)4)22-17-10-11-21(25-5)23(27-7-2)19(17)12-13-24-22/h8-11,14-15,22,24H,6-7,12-13H2,1-5H3. The Kier molecular flexibility index (Phi) is 6.27. The van der Waals surface area contributed by atoms with Crippen molar-refractivity contribution in [2.75, 3.05) is 26.9 Å². The van der Waals surface area contributed by atoms with E-state index in [1.165, 1.54) is 22.3 Å². The van der Waals surface area contributed by atoms with Crippen molar-refractivity contribution in [3.05, 3.63) is 52.6 Å². The van der Waals surface area contributed by atoms with Gasteiger partial charge in [-0.2, -0.15) is 0 Å². The van der Waals surface area contributed by atoms with Crippen molar-refractivity contribution in [2.45, 2.75) is 46.1 Å². The summed E-state index contributed by atoms with van der Waals surface area (Å²) in [6, 6.07) is 10.8. The molecule has 1 heterocycles. The number of rotatable bonds is 7. The fourth-order valence-electron chi connectivity index (χ4n) is 3.91. The van der Waals surface area contributed by atoms with Gasteiger partial charge in [0.15, 0.2) is 11.5 Å². The molecule has 0 aromatic heterocycles. The highest BCUT2D eigenvalue weighted by atomic mass is 16.5. The number of methoxy groups -OCH3 is 1. The first-order valence-electron chi connectivity index (χ1n) is 9.93. The van der Waals surface area contributed by atoms with E-state index in [1.807, 2.05) is 19.9 Å². The molecule has 4 heteroatoms. The van der Waals surface area contributed by atoms with Gasteiger partial charge in [-0.05, 0) is 61.1 Å². The molecule has 0 fully saturated rings. The van der Waals surface area contributed by atoms with E-state index in [0.29, 0.717) is 19.1 Å². The summed E-state index contributed by atoms with van der Waals surface area (Å²) in [7, 11) is 1.70. The second-order valence-corrected chi connectivity index (χ2v) is 7.11. The minimum atomic E-state index is 0.145. The molecule has 0 radical (unpaired) electrons. The van der Waals surface area contributed by atoms with E-state index in [-0.39, 0.29) is 6.04 Å². The summed E-state index contributed by atoms with van der Waals surface area (Å²) in [5.74, 6) is 3.05. The summed E-state index contributed by atoms with van der Waals surface area (Å²) < 4.78 is 17.2. The van der Waals surface area contributed by atoms with Gasteiger partial charge in [0.25, 0.3) is 0 Å². The van der Waals surface area contributed by atoms with E-state index < -0.39 is 0 Å². The molecule has 1 atom stereocenters. The molecule has 2 aromatic rings. The molecule has 2 aromatic carbocycles. The maximum absolute atomic E-state index is 5.97. The molecular weight excluding hydrogens is 338 g/mol. The number of nitrogens with one attached hydrogen (secondary N) is 1. The van der Waals surface area contributed by atoms with Crippen LogP contribution in [-0.4, -0.2) is 26.9 Å². The first-order valence-corrected chi connectivity index (χ1v) is 9.93. The zero-order valence-corrected chi connectivity index (χ0v) is 17.1. The number of hydrogen-bond donors (Lipinski definition) is 1. The Morgan fingerprint density at radius 3 is 2.44 bits per heavy atom. The lowest BCUT2D eigenvalue weighted by atomic mass is 9.84. The highest BCUT2D eigenvalue weighted by molar-refractivity contribution is 5.56. The van der Waals surface area contributed by atoms with Crippen LogP contribution >= 0.6 is 0 Å². The fourth-order valence-corrected chi connectivity index (χ4v) is 3.91. The summed E-state index contributed by atoms with van der Waals surface area (Å²) in [6.45, 7) is 10.7. The van der Waals surface area contributed by atoms with E-state index in [1.54, 1.807) is 7.11 Å². The van der Waals surface area contributed by atoms with Crippen LogP contribution in [-0.2, 0) is 6.42 Å². The molecule has 0 amide bonds. The van der Waals surface area contributed by atoms with Gasteiger partial charge in [0.05, 0.1) is 26.4 Å². The van der Waals surface area contributed by atoms with Crippen molar-refractivity contribution in [3.8, 4) is 17.2 Å². The molecule has 0 spiro atoms. The van der Waals surface area contributed by atoms with Crippen LogP contribution in [0.4, 0.5) is 0 Å². The summed E-state index contributed by atoms with van der Waals surface area (Å²) in [5, 5.41) is 3.71. The Labute approximate surface area is 162 Å². The zero-order chi connectivity index (χ0) is 19.4. The molecule has 0 bridgehead atoms. The molecule has 1 aliphatic heterocycles. The highest BCUT2D eigenvalue weighted by Crippen LogP contribution is 2.42. The molecule has 0 saturated heterocycles. The Morgan fingerprint density at radius 2 is 1.78 bits per heavy atom. The maximum atomic E-state index is 5.97. The Bertz CT molecular complexity index is 785. The Morgan fingerprint density at radius 1 is 1.04 bits per heavy atom. The fraction of sp³-hybridized carbons (Fsp3) is 0.478. The normalized spacial score (nSPS) is 16.1. The Hall–Kier alpha value is -2.20. The van der Waals surface area contributed by atoms with E-state index in [2.05, 4.69) is 43.4 Å². The van der Waals surface area contributed by atoms with Gasteiger partial charge < -0.3 is 19.5 Å². The summed E-state index contributed by atoms with van der Waals surface area (Å²) >= 11 is 0. The Balaban J connectivity index is 2.09. The summed E-state index contributed by atoms with van der Waals surface area (Å²) in [5.41, 5.74) is 5.15. The van der Waals surface area contributed by atoms with E-state index >= 15 is 0 Å². The van der Waals surface area contributed by atoms with Crippen molar-refractivity contribution < 1.29 is 14.2 Å². The van der Waals surface area contributed by atoms with Crippen LogP contribution in [0, 0.1) is 0 Å². The van der Waals surface area contributed by atoms with Crippen molar-refractivity contribution in [1.82, 2.24) is 5.32 Å². The smallest absolute Gasteiger partial charge is 0.164 e. The quantitative estimate of drug-likeness (QED) is 0.757. The van der Waals surface area contributed by atoms with Crippen LogP contribution in [0.15, 0.2) is 30.3 Å². The van der Waals surface area contributed by atoms with Crippen molar-refractivity contribution in [1.29, 1.82) is 0 Å². The van der Waals surface area contributed by atoms with Gasteiger partial charge in [0.1, 0.15) is 5.75 Å². The van der Waals surface area contributed by atoms with Crippen LogP contribution in [0.25, 0.3) is 0 Å². The minimum absolute atomic E-state index is 0.145. The second-order valence-electron chi connectivity index (χ2n) is 7.11. The third-order valence-corrected chi connectivity index (χ3v) is 5.11. The van der Waals surface area contributed by atoms with E-state index in [9.17, 15) is 0 Å². The molecule has 1 aliphatic rings. The van der Waals surface area contributed by atoms with Crippen LogP contribution < -0.4 is 19.5 Å². The number of ether oxygens (including phenoxy) is 3. The summed E-state index contributed by atoms with van der Waals surface area (Å²) in [6.07, 6.45) is 0.937. The molecule has 4 nitrogen and oxygen atoms in total. The number of fused-ring (bicyclic) bond motifs is 1. The average molecular weight is 370 g/mol. The van der Waals surface area contributed by atoms with Gasteiger partial charge in [-0.25, -0.2) is 0 Å². The first kappa shape index (κ1) is 19.6. The third-order valence-electron chi connectivity index (χ3n) is 5.11. The SMILES string of the molecule is CCOc1ccc(C2NCCc3c2ccc(OC)c3OCC)c(C(C)C)c1. The number of hydrogen-bond acceptors (Lipinski definition) is 4. The molecule has 0 saturated carbocycles. The van der Waals surface area contributed by atoms with Crippen molar-refractivity contribution >= 4 is 0 Å². The van der Waals surface area contributed by atoms with Crippen LogP contribution in [0.1, 0.15) is 61.9 Å². The lowest BCUT2D eigenvalue weighted by molar-refractivity contribution is 0.305. The highest BCUT2D eigenvalue weighted by Gasteiger charge is 2.28. The third kappa shape index (κ3) is 3.91. The number of benzene rings is 2. The lowest BCUT2D eigenvalue weighted by Crippen LogP contribution is -2.31. The molecule has 1 unspecified atom stereocenters. The minimum Gasteiger partial charge on any atom is -0.494 e. The average Bonchev–Trinajstić information content (AvgIpc) is 2.68. The predicted octanol–water partition coefficient (Wildman–Crippen LogP) is 4.85. The largest absolute Gasteiger partial charge is 0.494 e. The molecule has 146 valence electrons. The van der Waals surface area contributed by atoms with Crippen LogP contribution in [0.2, 0.25) is 0 Å². The zero-order valence-electron chi connectivity index (χ0n) is 17.1. The molecular formula is C23H31NO3. The van der Waals surface area contributed by atoms with E-state index in [4.69, 9.17) is 14.2 Å². The van der Waals surface area contributed by atoms with Gasteiger partial charge in [0.2, 0.25) is 0 Å². The topological polar surface area (TPSA) is 39.7 Å². The molecule has 1 N–H and O–H groups in total. The van der Waals surface area contributed by atoms with Gasteiger partial charge in [-0.3, -0.25) is 0 Å². The van der Waals surface area contributed by atoms with Crippen LogP contribution in [0.5, 0.6) is 17.2 Å². The van der Waals surface area contributed by atoms with Gasteiger partial charge in [-0.1, -0.05) is 26.0 Å². The predicted molar refractivity (Wildman–Crippen MR) is 109 cm³/mol. The van der Waals surface area contributed by atoms with Crippen LogP contribution in [0.3, 0.4) is 0 Å². The summed E-state index contributed by atoms with van der Waals surface area (Å²) in [4.78, 5) is 0. The van der Waals surface area contributed by atoms with E-state index in [0.717, 1.165) is 30.2 Å². The first-order chi connectivity index (χ1) is 13.1. The van der Waals surface area contributed by atoms with Crippen molar-refractivity contribution in [2.24, 2.45) is 0 Å². The van der Waals surface area contributed by atoms with Gasteiger partial charge in [0, 0.05) is 12.1 Å². The van der Waals surface area contributed by atoms with Gasteiger partial charge >= 0.3 is 0 Å². The monoisotopic (exact) mass is 369 g/mol. The van der Waals surface area contributed by atoms with Crippen molar-refractivity contribution in [3.63, 3.8) is 0 Å².